The highest BCUT2D eigenvalue weighted by atomic mass is 79.9. The number of nitrogens with one attached hydrogen (secondary N) is 1. The van der Waals surface area contributed by atoms with Gasteiger partial charge in [0.15, 0.2) is 11.5 Å². The van der Waals surface area contributed by atoms with Crippen LogP contribution in [0.15, 0.2) is 34.8 Å². The lowest BCUT2D eigenvalue weighted by Crippen LogP contribution is -2.08. The van der Waals surface area contributed by atoms with Crippen molar-refractivity contribution >= 4 is 39.1 Å². The quantitative estimate of drug-likeness (QED) is 0.842. The Morgan fingerprint density at radius 3 is 2.75 bits per heavy atom. The molecule has 0 saturated carbocycles. The number of rotatable bonds is 3. The average molecular weight is 336 g/mol. The first-order valence-corrected chi connectivity index (χ1v) is 6.68. The Balaban J connectivity index is 2.35. The van der Waals surface area contributed by atoms with E-state index in [9.17, 15) is 4.79 Å². The Labute approximate surface area is 125 Å². The van der Waals surface area contributed by atoms with E-state index in [1.165, 1.54) is 13.2 Å². The van der Waals surface area contributed by atoms with Gasteiger partial charge in [0, 0.05) is 10.2 Å². The minimum atomic E-state index is -0.499. The summed E-state index contributed by atoms with van der Waals surface area (Å²) in [6, 6.07) is 8.94. The van der Waals surface area contributed by atoms with Crippen molar-refractivity contribution in [3.63, 3.8) is 0 Å². The summed E-state index contributed by atoms with van der Waals surface area (Å²) in [6.45, 7) is 1.97. The van der Waals surface area contributed by atoms with Crippen molar-refractivity contribution in [2.45, 2.75) is 6.92 Å². The van der Waals surface area contributed by atoms with Crippen molar-refractivity contribution in [3.8, 4) is 0 Å². The van der Waals surface area contributed by atoms with E-state index in [0.717, 1.165) is 15.7 Å². The van der Waals surface area contributed by atoms with E-state index in [1.54, 1.807) is 6.07 Å². The normalized spacial score (nSPS) is 10.2. The molecule has 0 aliphatic rings. The fraction of sp³-hybridized carbons (Fsp3) is 0.143. The number of esters is 1. The molecule has 2 aromatic rings. The number of aryl methyl sites for hydroxylation is 1. The van der Waals surface area contributed by atoms with Crippen LogP contribution >= 0.6 is 15.9 Å². The first kappa shape index (κ1) is 14.3. The van der Waals surface area contributed by atoms with Crippen molar-refractivity contribution in [2.24, 2.45) is 0 Å². The summed E-state index contributed by atoms with van der Waals surface area (Å²) in [6.07, 6.45) is 0. The van der Waals surface area contributed by atoms with Crippen LogP contribution in [0.5, 0.6) is 0 Å². The lowest BCUT2D eigenvalue weighted by Gasteiger charge is -2.12. The zero-order valence-corrected chi connectivity index (χ0v) is 12.7. The predicted octanol–water partition coefficient (Wildman–Crippen LogP) is 3.26. The van der Waals surface area contributed by atoms with Crippen molar-refractivity contribution < 1.29 is 9.53 Å². The van der Waals surface area contributed by atoms with E-state index >= 15 is 0 Å². The van der Waals surface area contributed by atoms with Crippen LogP contribution in [0.3, 0.4) is 0 Å². The van der Waals surface area contributed by atoms with Gasteiger partial charge in [0.05, 0.1) is 12.8 Å². The fourth-order valence-electron chi connectivity index (χ4n) is 1.68. The minimum absolute atomic E-state index is 0.207. The Kier molecular flexibility index (Phi) is 4.24. The van der Waals surface area contributed by atoms with Gasteiger partial charge in [-0.25, -0.2) is 9.78 Å². The standard InChI is InChI=1S/C14H14BrN3O2/c1-8-7-9(15)3-5-11(8)17-13-10(16)4-6-12(18-13)14(19)20-2/h3-7H,16H2,1-2H3,(H,17,18). The second-order valence-electron chi connectivity index (χ2n) is 4.21. The summed E-state index contributed by atoms with van der Waals surface area (Å²) in [5.41, 5.74) is 8.44. The molecule has 0 aliphatic carbocycles. The molecule has 0 spiro atoms. The number of hydrogen-bond acceptors (Lipinski definition) is 5. The number of anilines is 3. The Morgan fingerprint density at radius 1 is 1.35 bits per heavy atom. The van der Waals surface area contributed by atoms with Crippen LogP contribution in [0.25, 0.3) is 0 Å². The van der Waals surface area contributed by atoms with Gasteiger partial charge in [0.25, 0.3) is 0 Å². The van der Waals surface area contributed by atoms with Gasteiger partial charge in [-0.3, -0.25) is 0 Å². The molecule has 0 amide bonds. The third kappa shape index (κ3) is 3.08. The molecule has 0 aliphatic heterocycles. The molecule has 2 rings (SSSR count). The first-order valence-electron chi connectivity index (χ1n) is 5.89. The highest BCUT2D eigenvalue weighted by molar-refractivity contribution is 9.10. The van der Waals surface area contributed by atoms with Crippen LogP contribution in [0, 0.1) is 6.92 Å². The molecule has 104 valence electrons. The molecule has 1 aromatic carbocycles. The van der Waals surface area contributed by atoms with E-state index < -0.39 is 5.97 Å². The SMILES string of the molecule is COC(=O)c1ccc(N)c(Nc2ccc(Br)cc2C)n1. The monoisotopic (exact) mass is 335 g/mol. The molecule has 0 saturated heterocycles. The fourth-order valence-corrected chi connectivity index (χ4v) is 2.16. The molecule has 3 N–H and O–H groups in total. The van der Waals surface area contributed by atoms with Crippen LogP contribution in [0.1, 0.15) is 16.1 Å². The maximum absolute atomic E-state index is 11.5. The number of ether oxygens (including phenoxy) is 1. The topological polar surface area (TPSA) is 77.2 Å². The number of hydrogen-bond donors (Lipinski definition) is 2. The van der Waals surface area contributed by atoms with Crippen LogP contribution in [0.4, 0.5) is 17.2 Å². The lowest BCUT2D eigenvalue weighted by atomic mass is 10.2. The molecule has 0 bridgehead atoms. The number of methoxy groups -OCH3 is 1. The highest BCUT2D eigenvalue weighted by Gasteiger charge is 2.11. The third-order valence-corrected chi connectivity index (χ3v) is 3.26. The van der Waals surface area contributed by atoms with Crippen molar-refractivity contribution in [3.05, 3.63) is 46.1 Å². The molecule has 0 unspecified atom stereocenters. The van der Waals surface area contributed by atoms with Crippen LogP contribution in [-0.4, -0.2) is 18.1 Å². The molecular formula is C14H14BrN3O2. The lowest BCUT2D eigenvalue weighted by molar-refractivity contribution is 0.0594. The van der Waals surface area contributed by atoms with E-state index in [-0.39, 0.29) is 5.69 Å². The summed E-state index contributed by atoms with van der Waals surface area (Å²) in [5, 5.41) is 3.12. The smallest absolute Gasteiger partial charge is 0.356 e. The van der Waals surface area contributed by atoms with Gasteiger partial charge in [-0.1, -0.05) is 15.9 Å². The molecule has 5 nitrogen and oxygen atoms in total. The van der Waals surface area contributed by atoms with Crippen LogP contribution in [-0.2, 0) is 4.74 Å². The molecular weight excluding hydrogens is 322 g/mol. The summed E-state index contributed by atoms with van der Waals surface area (Å²) in [5.74, 6) is -0.0705. The molecule has 0 radical (unpaired) electrons. The first-order chi connectivity index (χ1) is 9.51. The molecule has 0 fully saturated rings. The number of aromatic nitrogens is 1. The summed E-state index contributed by atoms with van der Waals surface area (Å²) in [4.78, 5) is 15.7. The molecule has 1 heterocycles. The average Bonchev–Trinajstić information content (AvgIpc) is 2.43. The van der Waals surface area contributed by atoms with Gasteiger partial charge in [0.1, 0.15) is 0 Å². The van der Waals surface area contributed by atoms with Crippen LogP contribution < -0.4 is 11.1 Å². The van der Waals surface area contributed by atoms with Gasteiger partial charge < -0.3 is 15.8 Å². The summed E-state index contributed by atoms with van der Waals surface area (Å²) < 4.78 is 5.64. The van der Waals surface area contributed by atoms with Gasteiger partial charge in [0.2, 0.25) is 0 Å². The van der Waals surface area contributed by atoms with Crippen molar-refractivity contribution in [1.82, 2.24) is 4.98 Å². The second-order valence-corrected chi connectivity index (χ2v) is 5.13. The van der Waals surface area contributed by atoms with E-state index in [2.05, 4.69) is 31.0 Å². The largest absolute Gasteiger partial charge is 0.464 e. The Bertz CT molecular complexity index is 659. The number of pyridine rings is 1. The zero-order valence-electron chi connectivity index (χ0n) is 11.1. The second kappa shape index (κ2) is 5.92. The number of carbonyl (C=O) groups is 1. The molecule has 6 heteroatoms. The van der Waals surface area contributed by atoms with Gasteiger partial charge in [-0.05, 0) is 42.8 Å². The summed E-state index contributed by atoms with van der Waals surface area (Å²) >= 11 is 3.41. The van der Waals surface area contributed by atoms with E-state index in [4.69, 9.17) is 5.73 Å². The molecule has 0 atom stereocenters. The van der Waals surface area contributed by atoms with Gasteiger partial charge >= 0.3 is 5.97 Å². The van der Waals surface area contributed by atoms with E-state index in [0.29, 0.717) is 11.5 Å². The maximum Gasteiger partial charge on any atom is 0.356 e. The number of carbonyl (C=O) groups excluding carboxylic acids is 1. The predicted molar refractivity (Wildman–Crippen MR) is 82.2 cm³/mol. The molecule has 20 heavy (non-hydrogen) atoms. The minimum Gasteiger partial charge on any atom is -0.464 e. The van der Waals surface area contributed by atoms with E-state index in [1.807, 2.05) is 25.1 Å². The maximum atomic E-state index is 11.5. The Morgan fingerprint density at radius 2 is 2.10 bits per heavy atom. The number of benzene rings is 1. The zero-order chi connectivity index (χ0) is 14.7. The number of nitrogens with two attached hydrogens (primary N) is 1. The van der Waals surface area contributed by atoms with Crippen molar-refractivity contribution in [1.29, 1.82) is 0 Å². The van der Waals surface area contributed by atoms with Gasteiger partial charge in [-0.15, -0.1) is 0 Å². The highest BCUT2D eigenvalue weighted by Crippen LogP contribution is 2.26. The number of nitrogens with zero attached hydrogens (tertiary/aromatic N) is 1. The third-order valence-electron chi connectivity index (χ3n) is 2.76. The van der Waals surface area contributed by atoms with Crippen LogP contribution in [0.2, 0.25) is 0 Å². The number of halogens is 1. The summed E-state index contributed by atoms with van der Waals surface area (Å²) in [7, 11) is 1.31. The molecule has 1 aromatic heterocycles. The van der Waals surface area contributed by atoms with Gasteiger partial charge in [-0.2, -0.15) is 0 Å². The number of nitrogen functional groups attached to an aromatic ring is 1. The Hall–Kier alpha value is -2.08. The van der Waals surface area contributed by atoms with Crippen molar-refractivity contribution in [2.75, 3.05) is 18.2 Å².